The molecule has 1 aliphatic rings. The van der Waals surface area contributed by atoms with Crippen LogP contribution in [-0.2, 0) is 4.74 Å². The van der Waals surface area contributed by atoms with E-state index in [0.29, 0.717) is 0 Å². The fraction of sp³-hybridized carbons (Fsp3) is 1.00. The first-order valence-electron chi connectivity index (χ1n) is 5.20. The lowest BCUT2D eigenvalue weighted by Gasteiger charge is -2.30. The summed E-state index contributed by atoms with van der Waals surface area (Å²) in [4.78, 5) is 0. The second kappa shape index (κ2) is 4.32. The topological polar surface area (TPSA) is 110 Å². The number of aliphatic hydroxyl groups is 5. The molecule has 0 aromatic rings. The summed E-state index contributed by atoms with van der Waals surface area (Å²) >= 11 is 0. The predicted octanol–water partition coefficient (Wildman–Crippen LogP) is -2.20. The molecule has 0 bridgehead atoms. The minimum absolute atomic E-state index is 0.678. The van der Waals surface area contributed by atoms with Crippen molar-refractivity contribution < 1.29 is 31.6 Å². The molecule has 0 aromatic carbocycles. The van der Waals surface area contributed by atoms with Gasteiger partial charge in [0.05, 0.1) is 6.61 Å². The molecule has 0 saturated carbocycles. The molecule has 15 heavy (non-hydrogen) atoms. The molecule has 0 spiro atoms. The van der Waals surface area contributed by atoms with Crippen molar-refractivity contribution in [1.29, 1.82) is 0 Å². The zero-order valence-corrected chi connectivity index (χ0v) is 8.66. The third kappa shape index (κ3) is 2.01. The number of ether oxygens (including phenoxy) is 1. The van der Waals surface area contributed by atoms with E-state index in [9.17, 15) is 20.4 Å². The lowest BCUT2D eigenvalue weighted by molar-refractivity contribution is -0.261. The van der Waals surface area contributed by atoms with Crippen LogP contribution in [0.25, 0.3) is 0 Å². The third-order valence-corrected chi connectivity index (χ3v) is 2.66. The van der Waals surface area contributed by atoms with Crippen LogP contribution in [0.15, 0.2) is 0 Å². The molecule has 1 heterocycles. The highest BCUT2D eigenvalue weighted by Gasteiger charge is 2.56. The number of hydrogen-bond donors (Lipinski definition) is 5. The van der Waals surface area contributed by atoms with Gasteiger partial charge in [0.2, 0.25) is 0 Å². The van der Waals surface area contributed by atoms with E-state index < -0.39 is 42.7 Å². The average molecular weight is 223 g/mol. The fourth-order valence-electron chi connectivity index (χ4n) is 1.58. The highest BCUT2D eigenvalue weighted by atomic mass is 16.7. The van der Waals surface area contributed by atoms with E-state index in [2.05, 4.69) is 0 Å². The zero-order valence-electron chi connectivity index (χ0n) is 9.66. The van der Waals surface area contributed by atoms with Crippen molar-refractivity contribution in [3.8, 4) is 0 Å². The van der Waals surface area contributed by atoms with E-state index >= 15 is 0 Å². The van der Waals surface area contributed by atoms with Crippen LogP contribution in [-0.4, -0.2) is 62.3 Å². The Bertz CT molecular complexity index is 255. The highest BCUT2D eigenvalue weighted by molar-refractivity contribution is 4.99. The third-order valence-electron chi connectivity index (χ3n) is 2.66. The van der Waals surface area contributed by atoms with Gasteiger partial charge in [0.25, 0.3) is 0 Å². The second-order valence-electron chi connectivity index (χ2n) is 3.96. The molecule has 1 unspecified atom stereocenters. The molecule has 1 rings (SSSR count). The molecular formula is C9H18O6. The van der Waals surface area contributed by atoms with Gasteiger partial charge in [0.15, 0.2) is 5.79 Å². The molecule has 0 amide bonds. The van der Waals surface area contributed by atoms with Gasteiger partial charge in [-0.1, -0.05) is 13.8 Å². The van der Waals surface area contributed by atoms with E-state index in [1.807, 2.05) is 0 Å². The van der Waals surface area contributed by atoms with Crippen LogP contribution in [0.3, 0.4) is 0 Å². The van der Waals surface area contributed by atoms with Crippen LogP contribution in [0.4, 0.5) is 0 Å². The number of aliphatic hydroxyl groups excluding tert-OH is 4. The summed E-state index contributed by atoms with van der Waals surface area (Å²) in [5.74, 6) is -3.87. The Labute approximate surface area is 89.1 Å². The molecule has 6 nitrogen and oxygen atoms in total. The molecule has 1 aliphatic heterocycles. The van der Waals surface area contributed by atoms with Crippen molar-refractivity contribution in [2.24, 2.45) is 5.89 Å². The van der Waals surface area contributed by atoms with E-state index in [0.717, 1.165) is 0 Å². The fourth-order valence-corrected chi connectivity index (χ4v) is 1.58. The minimum atomic E-state index is -2.28. The van der Waals surface area contributed by atoms with Gasteiger partial charge in [-0.3, -0.25) is 0 Å². The molecule has 5 N–H and O–H groups in total. The van der Waals surface area contributed by atoms with E-state index in [1.165, 1.54) is 13.8 Å². The van der Waals surface area contributed by atoms with Gasteiger partial charge in [-0.25, -0.2) is 0 Å². The monoisotopic (exact) mass is 223 g/mol. The highest BCUT2D eigenvalue weighted by Crippen LogP contribution is 2.35. The van der Waals surface area contributed by atoms with Gasteiger partial charge in [0, 0.05) is 7.26 Å². The van der Waals surface area contributed by atoms with Gasteiger partial charge >= 0.3 is 0 Å². The molecule has 6 heteroatoms. The van der Waals surface area contributed by atoms with Gasteiger partial charge in [-0.05, 0) is 0 Å². The average Bonchev–Trinajstić information content (AvgIpc) is 2.42. The normalized spacial score (nSPS) is 45.3. The molecule has 1 saturated heterocycles. The van der Waals surface area contributed by atoms with Crippen molar-refractivity contribution >= 4 is 0 Å². The first-order chi connectivity index (χ1) is 7.15. The van der Waals surface area contributed by atoms with E-state index in [-0.39, 0.29) is 0 Å². The zero-order chi connectivity index (χ0) is 12.7. The first-order valence-corrected chi connectivity index (χ1v) is 4.70. The summed E-state index contributed by atoms with van der Waals surface area (Å²) in [6.45, 7) is 1.93. The summed E-state index contributed by atoms with van der Waals surface area (Å²) in [6.07, 6.45) is -6.03. The molecule has 0 aliphatic carbocycles. The summed E-state index contributed by atoms with van der Waals surface area (Å²) in [5.41, 5.74) is 0. The summed E-state index contributed by atoms with van der Waals surface area (Å²) in [5, 5.41) is 47.2. The van der Waals surface area contributed by atoms with Gasteiger partial charge < -0.3 is 30.3 Å². The van der Waals surface area contributed by atoms with Crippen LogP contribution >= 0.6 is 0 Å². The standard InChI is InChI=1S/C9H18O6/c1-4(2)9(14)8(13)6(12)7(15-9)5(11)3-10/h4-8,10-14H,3H2,1-2H3/t5-,6-,7-,8-,9?/m1/s1/i4D. The molecule has 1 fully saturated rings. The van der Waals surface area contributed by atoms with Crippen molar-refractivity contribution in [1.82, 2.24) is 0 Å². The molecule has 90 valence electrons. The Morgan fingerprint density at radius 2 is 2.00 bits per heavy atom. The predicted molar refractivity (Wildman–Crippen MR) is 49.8 cm³/mol. The maximum absolute atomic E-state index is 9.97. The first kappa shape index (κ1) is 11.3. The molecule has 5 atom stereocenters. The Hall–Kier alpha value is -0.240. The molecule has 0 radical (unpaired) electrons. The van der Waals surface area contributed by atoms with E-state index in [1.54, 1.807) is 0 Å². The van der Waals surface area contributed by atoms with Crippen molar-refractivity contribution in [2.75, 3.05) is 6.61 Å². The van der Waals surface area contributed by atoms with Crippen LogP contribution in [0, 0.1) is 5.89 Å². The minimum Gasteiger partial charge on any atom is -0.394 e. The summed E-state index contributed by atoms with van der Waals surface area (Å²) < 4.78 is 12.6. The van der Waals surface area contributed by atoms with Gasteiger partial charge in [-0.15, -0.1) is 0 Å². The molecule has 0 aromatic heterocycles. The van der Waals surface area contributed by atoms with Crippen LogP contribution in [0.1, 0.15) is 15.2 Å². The Morgan fingerprint density at radius 3 is 2.33 bits per heavy atom. The quantitative estimate of drug-likeness (QED) is 0.371. The van der Waals surface area contributed by atoms with Gasteiger partial charge in [0.1, 0.15) is 24.4 Å². The Balaban J connectivity index is 2.95. The second-order valence-corrected chi connectivity index (χ2v) is 3.96. The van der Waals surface area contributed by atoms with Crippen molar-refractivity contribution in [2.45, 2.75) is 44.1 Å². The van der Waals surface area contributed by atoms with Gasteiger partial charge in [-0.2, -0.15) is 0 Å². The maximum Gasteiger partial charge on any atom is 0.197 e. The maximum atomic E-state index is 9.97. The van der Waals surface area contributed by atoms with Crippen LogP contribution < -0.4 is 0 Å². The number of hydrogen-bond acceptors (Lipinski definition) is 6. The smallest absolute Gasteiger partial charge is 0.197 e. The summed E-state index contributed by atoms with van der Waals surface area (Å²) in [7, 11) is 0. The lowest BCUT2D eigenvalue weighted by atomic mass is 9.94. The molecular weight excluding hydrogens is 204 g/mol. The van der Waals surface area contributed by atoms with Crippen molar-refractivity contribution in [3.63, 3.8) is 0 Å². The summed E-state index contributed by atoms with van der Waals surface area (Å²) in [6, 6.07) is 0. The Kier molecular flexibility index (Phi) is 3.24. The largest absolute Gasteiger partial charge is 0.394 e. The van der Waals surface area contributed by atoms with Crippen LogP contribution in [0.5, 0.6) is 0 Å². The Morgan fingerprint density at radius 1 is 1.47 bits per heavy atom. The van der Waals surface area contributed by atoms with E-state index in [4.69, 9.17) is 11.2 Å². The lowest BCUT2D eigenvalue weighted by Crippen LogP contribution is -2.47. The van der Waals surface area contributed by atoms with Crippen molar-refractivity contribution in [3.05, 3.63) is 0 Å². The number of rotatable bonds is 3. The SMILES string of the molecule is [2H]C(C)(C)C1(O)O[C@H]([C@H](O)CO)[C@@H](O)[C@H]1O. The van der Waals surface area contributed by atoms with Crippen LogP contribution in [0.2, 0.25) is 0 Å².